The quantitative estimate of drug-likeness (QED) is 0.179. The smallest absolute Gasteiger partial charge is 0.0625 e. The van der Waals surface area contributed by atoms with Gasteiger partial charge in [-0.15, -0.1) is 0 Å². The summed E-state index contributed by atoms with van der Waals surface area (Å²) in [5, 5.41) is 10.4. The van der Waals surface area contributed by atoms with Crippen molar-refractivity contribution in [1.29, 1.82) is 0 Å². The molecule has 1 aliphatic carbocycles. The average molecular weight is 659 g/mol. The normalized spacial score (nSPS) is 12.2. The third-order valence-corrected chi connectivity index (χ3v) is 11.4. The summed E-state index contributed by atoms with van der Waals surface area (Å²) in [6.07, 6.45) is 0. The van der Waals surface area contributed by atoms with Crippen LogP contribution < -0.4 is 0 Å². The van der Waals surface area contributed by atoms with Crippen LogP contribution in [0, 0.1) is 0 Å². The van der Waals surface area contributed by atoms with E-state index in [0.717, 1.165) is 0 Å². The van der Waals surface area contributed by atoms with Gasteiger partial charge in [-0.1, -0.05) is 133 Å². The minimum absolute atomic E-state index is 1.17. The van der Waals surface area contributed by atoms with Gasteiger partial charge in [0.2, 0.25) is 0 Å². The van der Waals surface area contributed by atoms with E-state index in [9.17, 15) is 0 Å². The third kappa shape index (κ3) is 3.68. The molecule has 52 heavy (non-hydrogen) atoms. The Morgan fingerprint density at radius 2 is 0.827 bits per heavy atom. The average Bonchev–Trinajstić information content (AvgIpc) is 3.71. The van der Waals surface area contributed by atoms with Gasteiger partial charge >= 0.3 is 0 Å². The Hall–Kier alpha value is -6.90. The maximum absolute atomic E-state index is 2.51. The number of fused-ring (bicyclic) bond motifs is 8. The second-order valence-electron chi connectivity index (χ2n) is 14.1. The van der Waals surface area contributed by atoms with E-state index >= 15 is 0 Å². The van der Waals surface area contributed by atoms with Crippen molar-refractivity contribution in [3.63, 3.8) is 0 Å². The van der Waals surface area contributed by atoms with E-state index in [1.165, 1.54) is 110 Å². The van der Waals surface area contributed by atoms with Crippen LogP contribution >= 0.6 is 0 Å². The van der Waals surface area contributed by atoms with E-state index in [-0.39, 0.29) is 0 Å². The summed E-state index contributed by atoms with van der Waals surface area (Å²) >= 11 is 0. The Labute approximate surface area is 300 Å². The van der Waals surface area contributed by atoms with Gasteiger partial charge in [0, 0.05) is 38.3 Å². The van der Waals surface area contributed by atoms with Gasteiger partial charge < -0.3 is 9.13 Å². The highest BCUT2D eigenvalue weighted by atomic mass is 15.0. The molecule has 2 heterocycles. The predicted molar refractivity (Wildman–Crippen MR) is 220 cm³/mol. The molecule has 11 aromatic rings. The Bertz CT molecular complexity index is 3210. The molecule has 0 saturated heterocycles. The van der Waals surface area contributed by atoms with Gasteiger partial charge in [-0.3, -0.25) is 0 Å². The van der Waals surface area contributed by atoms with Crippen molar-refractivity contribution >= 4 is 65.2 Å². The van der Waals surface area contributed by atoms with E-state index in [0.29, 0.717) is 0 Å². The van der Waals surface area contributed by atoms with Crippen molar-refractivity contribution in [2.45, 2.75) is 0 Å². The molecule has 0 bridgehead atoms. The van der Waals surface area contributed by atoms with Gasteiger partial charge in [-0.25, -0.2) is 0 Å². The molecule has 0 N–H and O–H groups in total. The lowest BCUT2D eigenvalue weighted by atomic mass is 9.92. The van der Waals surface area contributed by atoms with Gasteiger partial charge in [0.25, 0.3) is 0 Å². The van der Waals surface area contributed by atoms with E-state index in [2.05, 4.69) is 191 Å². The predicted octanol–water partition coefficient (Wildman–Crippen LogP) is 13.5. The van der Waals surface area contributed by atoms with Crippen LogP contribution in [0.5, 0.6) is 0 Å². The monoisotopic (exact) mass is 658 g/mol. The Balaban J connectivity index is 1.05. The first-order chi connectivity index (χ1) is 25.8. The Morgan fingerprint density at radius 3 is 1.52 bits per heavy atom. The fourth-order valence-corrected chi connectivity index (χ4v) is 9.21. The minimum Gasteiger partial charge on any atom is -0.309 e. The lowest BCUT2D eigenvalue weighted by molar-refractivity contribution is 1.18. The lowest BCUT2D eigenvalue weighted by Crippen LogP contribution is -1.96. The zero-order valence-electron chi connectivity index (χ0n) is 28.2. The Kier molecular flexibility index (Phi) is 5.53. The van der Waals surface area contributed by atoms with Gasteiger partial charge in [-0.05, 0) is 98.1 Å². The molecule has 0 aliphatic heterocycles. The van der Waals surface area contributed by atoms with E-state index < -0.39 is 0 Å². The molecule has 2 aromatic heterocycles. The number of rotatable bonds is 3. The molecule has 0 saturated carbocycles. The molecule has 2 heteroatoms. The summed E-state index contributed by atoms with van der Waals surface area (Å²) in [5.74, 6) is 0. The van der Waals surface area contributed by atoms with Crippen molar-refractivity contribution < 1.29 is 0 Å². The number of hydrogen-bond acceptors (Lipinski definition) is 0. The minimum atomic E-state index is 1.17. The second kappa shape index (κ2) is 10.3. The molecule has 2 nitrogen and oxygen atoms in total. The summed E-state index contributed by atoms with van der Waals surface area (Å²) in [7, 11) is 0. The van der Waals surface area contributed by atoms with Crippen molar-refractivity contribution in [2.24, 2.45) is 0 Å². The number of benzene rings is 9. The van der Waals surface area contributed by atoms with Crippen LogP contribution in [0.3, 0.4) is 0 Å². The summed E-state index contributed by atoms with van der Waals surface area (Å²) in [5.41, 5.74) is 14.9. The van der Waals surface area contributed by atoms with Crippen LogP contribution in [0.1, 0.15) is 0 Å². The van der Waals surface area contributed by atoms with Crippen molar-refractivity contribution in [3.05, 3.63) is 182 Å². The van der Waals surface area contributed by atoms with E-state index in [1.54, 1.807) is 0 Å². The SMILES string of the molecule is c1ccc2c(c1)-c1cccc3ccc4c(c13)c1c-2cc2ccccc2c1n4-c1ccc(-c2ccc(-n3c4ccccc4c4ccccc43)cc2)cc1. The first-order valence-corrected chi connectivity index (χ1v) is 18.0. The molecule has 0 unspecified atom stereocenters. The van der Waals surface area contributed by atoms with Crippen molar-refractivity contribution in [2.75, 3.05) is 0 Å². The number of para-hydroxylation sites is 2. The highest BCUT2D eigenvalue weighted by molar-refractivity contribution is 6.34. The topological polar surface area (TPSA) is 9.86 Å². The highest BCUT2D eigenvalue weighted by Crippen LogP contribution is 2.51. The van der Waals surface area contributed by atoms with Crippen molar-refractivity contribution in [1.82, 2.24) is 9.13 Å². The summed E-state index contributed by atoms with van der Waals surface area (Å²) < 4.78 is 4.89. The summed E-state index contributed by atoms with van der Waals surface area (Å²) in [6.45, 7) is 0. The fourth-order valence-electron chi connectivity index (χ4n) is 9.21. The first kappa shape index (κ1) is 27.9. The lowest BCUT2D eigenvalue weighted by Gasteiger charge is -2.15. The maximum atomic E-state index is 2.51. The molecule has 0 atom stereocenters. The Morgan fingerprint density at radius 1 is 0.288 bits per heavy atom. The van der Waals surface area contributed by atoms with Crippen molar-refractivity contribution in [3.8, 4) is 44.8 Å². The summed E-state index contributed by atoms with van der Waals surface area (Å²) in [6, 6.07) is 67.2. The molecule has 0 amide bonds. The van der Waals surface area contributed by atoms with Crippen LogP contribution in [0.25, 0.3) is 110 Å². The highest BCUT2D eigenvalue weighted by Gasteiger charge is 2.26. The maximum Gasteiger partial charge on any atom is 0.0625 e. The number of hydrogen-bond donors (Lipinski definition) is 0. The van der Waals surface area contributed by atoms with Gasteiger partial charge in [0.05, 0.1) is 22.1 Å². The fraction of sp³-hybridized carbons (Fsp3) is 0. The molecule has 1 aliphatic rings. The molecule has 9 aromatic carbocycles. The molecule has 0 spiro atoms. The largest absolute Gasteiger partial charge is 0.309 e. The molecular formula is C50H30N2. The van der Waals surface area contributed by atoms with Crippen LogP contribution in [-0.2, 0) is 0 Å². The number of nitrogens with zero attached hydrogens (tertiary/aromatic N) is 2. The van der Waals surface area contributed by atoms with Gasteiger partial charge in [0.1, 0.15) is 0 Å². The zero-order chi connectivity index (χ0) is 33.9. The molecule has 0 radical (unpaired) electrons. The second-order valence-corrected chi connectivity index (χ2v) is 14.1. The standard InChI is InChI=1S/C50H30N2/c1-2-12-37-34(10-1)30-43-39-14-4-3-13-38(39)42-17-9-11-33-24-29-46-49(47(33)42)48(43)50(37)52(46)36-27-22-32(23-28-36)31-20-25-35(26-21-31)51-44-18-7-5-15-40(44)41-16-6-8-19-45(41)51/h1-30H. The molecule has 240 valence electrons. The van der Waals surface area contributed by atoms with E-state index in [4.69, 9.17) is 0 Å². The molecular weight excluding hydrogens is 629 g/mol. The first-order valence-electron chi connectivity index (χ1n) is 18.0. The van der Waals surface area contributed by atoms with E-state index in [1.807, 2.05) is 0 Å². The van der Waals surface area contributed by atoms with Gasteiger partial charge in [-0.2, -0.15) is 0 Å². The molecule has 12 rings (SSSR count). The third-order valence-electron chi connectivity index (χ3n) is 11.4. The number of aromatic nitrogens is 2. The van der Waals surface area contributed by atoms with Crippen LogP contribution in [0.2, 0.25) is 0 Å². The van der Waals surface area contributed by atoms with Crippen LogP contribution in [0.4, 0.5) is 0 Å². The summed E-state index contributed by atoms with van der Waals surface area (Å²) in [4.78, 5) is 0. The van der Waals surface area contributed by atoms with Crippen LogP contribution in [0.15, 0.2) is 182 Å². The van der Waals surface area contributed by atoms with Gasteiger partial charge in [0.15, 0.2) is 0 Å². The molecule has 0 fully saturated rings. The zero-order valence-corrected chi connectivity index (χ0v) is 28.2. The van der Waals surface area contributed by atoms with Crippen LogP contribution in [-0.4, -0.2) is 9.13 Å².